The lowest BCUT2D eigenvalue weighted by atomic mass is 10.1. The van der Waals surface area contributed by atoms with E-state index in [1.807, 2.05) is 43.3 Å². The Morgan fingerprint density at radius 2 is 2.08 bits per heavy atom. The number of anilines is 1. The molecule has 25 heavy (non-hydrogen) atoms. The van der Waals surface area contributed by atoms with Gasteiger partial charge in [0.05, 0.1) is 18.1 Å². The third-order valence-corrected chi connectivity index (χ3v) is 4.73. The van der Waals surface area contributed by atoms with Crippen LogP contribution in [0.15, 0.2) is 42.5 Å². The van der Waals surface area contributed by atoms with Gasteiger partial charge < -0.3 is 19.7 Å². The van der Waals surface area contributed by atoms with Crippen molar-refractivity contribution in [1.82, 2.24) is 4.90 Å². The van der Waals surface area contributed by atoms with Gasteiger partial charge in [-0.1, -0.05) is 23.7 Å². The summed E-state index contributed by atoms with van der Waals surface area (Å²) < 4.78 is 11.5. The highest BCUT2D eigenvalue weighted by Crippen LogP contribution is 2.31. The number of hydrogen-bond donors (Lipinski definition) is 1. The monoisotopic (exact) mass is 358 g/mol. The highest BCUT2D eigenvalue weighted by atomic mass is 35.5. The number of ether oxygens (including phenoxy) is 2. The van der Waals surface area contributed by atoms with E-state index in [0.29, 0.717) is 23.9 Å². The topological polar surface area (TPSA) is 50.8 Å². The van der Waals surface area contributed by atoms with Crippen molar-refractivity contribution in [2.24, 2.45) is 0 Å². The number of amides is 2. The van der Waals surface area contributed by atoms with Crippen molar-refractivity contribution in [1.29, 1.82) is 0 Å². The number of nitrogens with one attached hydrogen (secondary N) is 1. The van der Waals surface area contributed by atoms with Gasteiger partial charge in [0, 0.05) is 12.1 Å². The van der Waals surface area contributed by atoms with Crippen LogP contribution >= 0.6 is 11.6 Å². The van der Waals surface area contributed by atoms with Gasteiger partial charge in [-0.05, 0) is 42.8 Å². The molecule has 1 atom stereocenters. The zero-order valence-corrected chi connectivity index (χ0v) is 14.6. The second-order valence-electron chi connectivity index (χ2n) is 6.46. The Balaban J connectivity index is 1.31. The van der Waals surface area contributed by atoms with Gasteiger partial charge in [0.2, 0.25) is 0 Å². The van der Waals surface area contributed by atoms with Crippen molar-refractivity contribution in [3.8, 4) is 11.5 Å². The second kappa shape index (κ2) is 6.48. The predicted molar refractivity (Wildman–Crippen MR) is 96.7 cm³/mol. The highest BCUT2D eigenvalue weighted by Gasteiger charge is 2.33. The van der Waals surface area contributed by atoms with E-state index in [1.165, 1.54) is 0 Å². The lowest BCUT2D eigenvalue weighted by Gasteiger charge is -2.38. The summed E-state index contributed by atoms with van der Waals surface area (Å²) in [6, 6.07) is 13.0. The first kappa shape index (κ1) is 16.1. The zero-order chi connectivity index (χ0) is 17.4. The Bertz CT molecular complexity index is 805. The maximum Gasteiger partial charge on any atom is 0.322 e. The molecule has 2 aliphatic heterocycles. The van der Waals surface area contributed by atoms with Crippen LogP contribution in [-0.4, -0.2) is 36.2 Å². The van der Waals surface area contributed by atoms with Crippen molar-refractivity contribution < 1.29 is 14.3 Å². The molecule has 2 aromatic rings. The van der Waals surface area contributed by atoms with Crippen LogP contribution in [0, 0.1) is 0 Å². The van der Waals surface area contributed by atoms with Gasteiger partial charge in [0.25, 0.3) is 0 Å². The van der Waals surface area contributed by atoms with Crippen LogP contribution in [0.2, 0.25) is 5.02 Å². The van der Waals surface area contributed by atoms with Crippen molar-refractivity contribution in [3.05, 3.63) is 53.1 Å². The summed E-state index contributed by atoms with van der Waals surface area (Å²) in [5, 5.41) is 3.52. The van der Waals surface area contributed by atoms with Crippen LogP contribution in [-0.2, 0) is 6.42 Å². The number of halogens is 1. The smallest absolute Gasteiger partial charge is 0.322 e. The molecule has 6 heteroatoms. The third-order valence-electron chi connectivity index (χ3n) is 4.41. The number of carbonyl (C=O) groups is 1. The summed E-state index contributed by atoms with van der Waals surface area (Å²) in [5.41, 5.74) is 1.92. The molecule has 0 unspecified atom stereocenters. The Hall–Kier alpha value is -2.40. The number of likely N-dealkylation sites (tertiary alicyclic amines) is 1. The standard InChI is InChI=1S/C19H19ClN2O3/c1-12-8-13-9-14(6-7-17(13)24-12)21-19(23)22-10-15(11-22)25-18-5-3-2-4-16(18)20/h2-7,9,12,15H,8,10-11H2,1H3,(H,21,23)/t12-/m0/s1. The number of hydrogen-bond acceptors (Lipinski definition) is 3. The maximum atomic E-state index is 12.3. The molecule has 1 saturated heterocycles. The lowest BCUT2D eigenvalue weighted by molar-refractivity contribution is 0.0494. The Kier molecular flexibility index (Phi) is 4.17. The average molecular weight is 359 g/mol. The van der Waals surface area contributed by atoms with E-state index in [1.54, 1.807) is 11.0 Å². The average Bonchev–Trinajstić information content (AvgIpc) is 2.91. The van der Waals surface area contributed by atoms with Crippen molar-refractivity contribution in [3.63, 3.8) is 0 Å². The molecular weight excluding hydrogens is 340 g/mol. The number of urea groups is 1. The minimum Gasteiger partial charge on any atom is -0.490 e. The lowest BCUT2D eigenvalue weighted by Crippen LogP contribution is -2.57. The summed E-state index contributed by atoms with van der Waals surface area (Å²) in [4.78, 5) is 14.0. The fraction of sp³-hybridized carbons (Fsp3) is 0.316. The van der Waals surface area contributed by atoms with Gasteiger partial charge in [-0.3, -0.25) is 0 Å². The van der Waals surface area contributed by atoms with Crippen molar-refractivity contribution >= 4 is 23.3 Å². The number of nitrogens with zero attached hydrogens (tertiary/aromatic N) is 1. The molecule has 0 aromatic heterocycles. The van der Waals surface area contributed by atoms with E-state index in [9.17, 15) is 4.79 Å². The minimum atomic E-state index is -0.120. The van der Waals surface area contributed by atoms with E-state index in [4.69, 9.17) is 21.1 Å². The SMILES string of the molecule is C[C@H]1Cc2cc(NC(=O)N3CC(Oc4ccccc4Cl)C3)ccc2O1. The first-order valence-electron chi connectivity index (χ1n) is 8.35. The normalized spacial score (nSPS) is 19.0. The molecule has 2 heterocycles. The molecule has 4 rings (SSSR count). The first-order chi connectivity index (χ1) is 12.1. The fourth-order valence-electron chi connectivity index (χ4n) is 3.10. The summed E-state index contributed by atoms with van der Waals surface area (Å²) in [6.45, 7) is 3.13. The second-order valence-corrected chi connectivity index (χ2v) is 6.87. The van der Waals surface area contributed by atoms with Gasteiger partial charge in [-0.2, -0.15) is 0 Å². The Morgan fingerprint density at radius 1 is 1.28 bits per heavy atom. The summed E-state index contributed by atoms with van der Waals surface area (Å²) in [7, 11) is 0. The predicted octanol–water partition coefficient (Wildman–Crippen LogP) is 3.96. The number of benzene rings is 2. The summed E-state index contributed by atoms with van der Waals surface area (Å²) in [5.74, 6) is 1.56. The molecule has 0 saturated carbocycles. The third kappa shape index (κ3) is 3.37. The minimum absolute atomic E-state index is 0.0279. The van der Waals surface area contributed by atoms with Crippen LogP contribution in [0.3, 0.4) is 0 Å². The molecular formula is C19H19ClN2O3. The Morgan fingerprint density at radius 3 is 2.88 bits per heavy atom. The number of rotatable bonds is 3. The molecule has 2 aliphatic rings. The van der Waals surface area contributed by atoms with E-state index in [2.05, 4.69) is 5.32 Å². The van der Waals surface area contributed by atoms with Gasteiger partial charge in [-0.15, -0.1) is 0 Å². The quantitative estimate of drug-likeness (QED) is 0.903. The Labute approximate surface area is 151 Å². The molecule has 2 amide bonds. The highest BCUT2D eigenvalue weighted by molar-refractivity contribution is 6.32. The number of para-hydroxylation sites is 1. The van der Waals surface area contributed by atoms with Crippen LogP contribution in [0.5, 0.6) is 11.5 Å². The van der Waals surface area contributed by atoms with Crippen LogP contribution < -0.4 is 14.8 Å². The van der Waals surface area contributed by atoms with Crippen LogP contribution in [0.1, 0.15) is 12.5 Å². The molecule has 5 nitrogen and oxygen atoms in total. The molecule has 1 N–H and O–H groups in total. The molecule has 0 aliphatic carbocycles. The van der Waals surface area contributed by atoms with Crippen molar-refractivity contribution in [2.45, 2.75) is 25.6 Å². The van der Waals surface area contributed by atoms with Crippen LogP contribution in [0.4, 0.5) is 10.5 Å². The number of carbonyl (C=O) groups excluding carboxylic acids is 1. The molecule has 1 fully saturated rings. The van der Waals surface area contributed by atoms with E-state index in [-0.39, 0.29) is 18.2 Å². The molecule has 0 spiro atoms. The zero-order valence-electron chi connectivity index (χ0n) is 13.9. The summed E-state index contributed by atoms with van der Waals surface area (Å²) >= 11 is 6.08. The van der Waals surface area contributed by atoms with E-state index < -0.39 is 0 Å². The largest absolute Gasteiger partial charge is 0.490 e. The van der Waals surface area contributed by atoms with Gasteiger partial charge in [-0.25, -0.2) is 4.79 Å². The molecule has 0 radical (unpaired) electrons. The van der Waals surface area contributed by atoms with Gasteiger partial charge in [0.15, 0.2) is 0 Å². The summed E-state index contributed by atoms with van der Waals surface area (Å²) in [6.07, 6.45) is 1.04. The van der Waals surface area contributed by atoms with Crippen molar-refractivity contribution in [2.75, 3.05) is 18.4 Å². The molecule has 130 valence electrons. The van der Waals surface area contributed by atoms with Gasteiger partial charge >= 0.3 is 6.03 Å². The molecule has 2 aromatic carbocycles. The van der Waals surface area contributed by atoms with E-state index in [0.717, 1.165) is 23.4 Å². The van der Waals surface area contributed by atoms with Crippen LogP contribution in [0.25, 0.3) is 0 Å². The first-order valence-corrected chi connectivity index (χ1v) is 8.73. The molecule has 0 bridgehead atoms. The van der Waals surface area contributed by atoms with E-state index >= 15 is 0 Å². The maximum absolute atomic E-state index is 12.3. The number of fused-ring (bicyclic) bond motifs is 1. The van der Waals surface area contributed by atoms with Gasteiger partial charge in [0.1, 0.15) is 23.7 Å². The fourth-order valence-corrected chi connectivity index (χ4v) is 3.28.